The van der Waals surface area contributed by atoms with Gasteiger partial charge in [-0.05, 0) is 57.2 Å². The number of allylic oxidation sites excluding steroid dienone is 1. The van der Waals surface area contributed by atoms with E-state index in [2.05, 4.69) is 22.8 Å². The Morgan fingerprint density at radius 3 is 2.75 bits per heavy atom. The van der Waals surface area contributed by atoms with Gasteiger partial charge in [-0.15, -0.1) is 0 Å². The summed E-state index contributed by atoms with van der Waals surface area (Å²) in [6, 6.07) is 8.86. The first-order valence-corrected chi connectivity index (χ1v) is 8.96. The van der Waals surface area contributed by atoms with Gasteiger partial charge in [0, 0.05) is 24.0 Å². The summed E-state index contributed by atoms with van der Waals surface area (Å²) in [5.74, 6) is 0.809. The molecule has 5 heteroatoms. The van der Waals surface area contributed by atoms with Crippen LogP contribution in [0.1, 0.15) is 32.6 Å². The molecule has 130 valence electrons. The van der Waals surface area contributed by atoms with Gasteiger partial charge in [0.15, 0.2) is 0 Å². The molecule has 2 aliphatic rings. The van der Waals surface area contributed by atoms with E-state index in [0.717, 1.165) is 48.1 Å². The number of nitrogens with one attached hydrogen (secondary N) is 2. The summed E-state index contributed by atoms with van der Waals surface area (Å²) in [5, 5.41) is 7.04. The molecule has 5 nitrogen and oxygen atoms in total. The summed E-state index contributed by atoms with van der Waals surface area (Å²) in [5.41, 5.74) is 15.9. The Kier molecular flexibility index (Phi) is 5.41. The molecule has 1 heterocycles. The molecule has 1 unspecified atom stereocenters. The molecule has 24 heavy (non-hydrogen) atoms. The van der Waals surface area contributed by atoms with Crippen LogP contribution in [0, 0.1) is 5.92 Å². The number of nitrogens with two attached hydrogens (primary N) is 2. The average molecular weight is 327 g/mol. The van der Waals surface area contributed by atoms with E-state index in [1.165, 1.54) is 19.3 Å². The van der Waals surface area contributed by atoms with Crippen molar-refractivity contribution in [3.63, 3.8) is 0 Å². The molecule has 1 aliphatic carbocycles. The van der Waals surface area contributed by atoms with Crippen molar-refractivity contribution in [2.24, 2.45) is 22.4 Å². The summed E-state index contributed by atoms with van der Waals surface area (Å²) in [6.45, 7) is 3.57. The number of para-hydroxylation sites is 2. The Morgan fingerprint density at radius 1 is 1.29 bits per heavy atom. The number of anilines is 2. The molecule has 0 radical (unpaired) electrons. The summed E-state index contributed by atoms with van der Waals surface area (Å²) >= 11 is 0. The highest BCUT2D eigenvalue weighted by Crippen LogP contribution is 2.34. The summed E-state index contributed by atoms with van der Waals surface area (Å²) in [4.78, 5) is 4.78. The summed E-state index contributed by atoms with van der Waals surface area (Å²) < 4.78 is 0. The van der Waals surface area contributed by atoms with E-state index in [1.807, 2.05) is 25.3 Å². The van der Waals surface area contributed by atoms with Crippen molar-refractivity contribution in [1.82, 2.24) is 0 Å². The van der Waals surface area contributed by atoms with Crippen LogP contribution in [0.25, 0.3) is 0 Å². The predicted octanol–water partition coefficient (Wildman–Crippen LogP) is 2.71. The minimum atomic E-state index is 0.154. The maximum absolute atomic E-state index is 6.13. The first-order valence-electron chi connectivity index (χ1n) is 8.96. The lowest BCUT2D eigenvalue weighted by molar-refractivity contribution is 0.249. The van der Waals surface area contributed by atoms with E-state index in [9.17, 15) is 0 Å². The molecule has 1 aromatic rings. The van der Waals surface area contributed by atoms with Gasteiger partial charge < -0.3 is 22.1 Å². The Labute approximate surface area is 144 Å². The molecule has 1 aliphatic heterocycles. The number of hydrogen-bond donors (Lipinski definition) is 4. The van der Waals surface area contributed by atoms with E-state index in [4.69, 9.17) is 16.5 Å². The van der Waals surface area contributed by atoms with Gasteiger partial charge in [0.05, 0.1) is 23.5 Å². The van der Waals surface area contributed by atoms with Gasteiger partial charge in [-0.1, -0.05) is 12.1 Å². The predicted molar refractivity (Wildman–Crippen MR) is 103 cm³/mol. The van der Waals surface area contributed by atoms with E-state index in [-0.39, 0.29) is 6.04 Å². The number of rotatable bonds is 6. The molecule has 1 saturated carbocycles. The van der Waals surface area contributed by atoms with Crippen molar-refractivity contribution in [3.05, 3.63) is 35.5 Å². The van der Waals surface area contributed by atoms with Crippen LogP contribution in [-0.4, -0.2) is 31.4 Å². The first kappa shape index (κ1) is 16.8. The van der Waals surface area contributed by atoms with Crippen LogP contribution in [0.3, 0.4) is 0 Å². The van der Waals surface area contributed by atoms with Crippen LogP contribution >= 0.6 is 0 Å². The Hall–Kier alpha value is -2.01. The van der Waals surface area contributed by atoms with Gasteiger partial charge in [-0.2, -0.15) is 0 Å². The fourth-order valence-corrected chi connectivity index (χ4v) is 3.52. The lowest BCUT2D eigenvalue weighted by Crippen LogP contribution is -2.36. The maximum atomic E-state index is 6.13. The minimum Gasteiger partial charge on any atom is -0.402 e. The number of fused-ring (bicyclic) bond motifs is 1. The molecule has 0 aromatic heterocycles. The zero-order chi connectivity index (χ0) is 16.9. The third kappa shape index (κ3) is 3.90. The van der Waals surface area contributed by atoms with Crippen LogP contribution in [0.2, 0.25) is 0 Å². The zero-order valence-electron chi connectivity index (χ0n) is 14.5. The van der Waals surface area contributed by atoms with E-state index >= 15 is 0 Å². The second-order valence-electron chi connectivity index (χ2n) is 6.96. The third-order valence-electron chi connectivity index (χ3n) is 5.04. The van der Waals surface area contributed by atoms with Gasteiger partial charge in [0.25, 0.3) is 0 Å². The highest BCUT2D eigenvalue weighted by molar-refractivity contribution is 5.84. The van der Waals surface area contributed by atoms with Gasteiger partial charge in [0.1, 0.15) is 0 Å². The number of hydrogen-bond acceptors (Lipinski definition) is 5. The van der Waals surface area contributed by atoms with Crippen LogP contribution in [0.5, 0.6) is 0 Å². The lowest BCUT2D eigenvalue weighted by atomic mass is 9.78. The average Bonchev–Trinajstić information content (AvgIpc) is 2.55. The van der Waals surface area contributed by atoms with E-state index in [1.54, 1.807) is 0 Å². The third-order valence-corrected chi connectivity index (χ3v) is 5.04. The highest BCUT2D eigenvalue weighted by atomic mass is 15.1. The SMILES string of the molecule is CC(N)=C(C=NC1CC(CCCN)C1)C1CNc2ccccc2N1. The van der Waals surface area contributed by atoms with E-state index in [0.29, 0.717) is 6.04 Å². The molecule has 1 fully saturated rings. The molecule has 6 N–H and O–H groups in total. The topological polar surface area (TPSA) is 88.5 Å². The molecular formula is C19H29N5. The van der Waals surface area contributed by atoms with Crippen LogP contribution < -0.4 is 22.1 Å². The minimum absolute atomic E-state index is 0.154. The molecule has 1 atom stereocenters. The van der Waals surface area contributed by atoms with E-state index < -0.39 is 0 Å². The fourth-order valence-electron chi connectivity index (χ4n) is 3.52. The molecule has 0 spiro atoms. The quantitative estimate of drug-likeness (QED) is 0.605. The zero-order valence-corrected chi connectivity index (χ0v) is 14.5. The van der Waals surface area contributed by atoms with Crippen molar-refractivity contribution < 1.29 is 0 Å². The normalized spacial score (nSPS) is 26.8. The van der Waals surface area contributed by atoms with Crippen LogP contribution in [0.15, 0.2) is 40.5 Å². The number of aliphatic imine (C=N–C) groups is 1. The summed E-state index contributed by atoms with van der Waals surface area (Å²) in [6.07, 6.45) is 6.74. The lowest BCUT2D eigenvalue weighted by Gasteiger charge is -2.33. The largest absolute Gasteiger partial charge is 0.402 e. The Bertz CT molecular complexity index is 612. The number of nitrogens with zero attached hydrogens (tertiary/aromatic N) is 1. The monoisotopic (exact) mass is 327 g/mol. The molecule has 1 aromatic carbocycles. The Morgan fingerprint density at radius 2 is 2.04 bits per heavy atom. The second-order valence-corrected chi connectivity index (χ2v) is 6.96. The van der Waals surface area contributed by atoms with Gasteiger partial charge in [0.2, 0.25) is 0 Å². The Balaban J connectivity index is 1.59. The molecule has 0 amide bonds. The maximum Gasteiger partial charge on any atom is 0.0718 e. The number of benzene rings is 1. The second kappa shape index (κ2) is 7.71. The molecule has 0 bridgehead atoms. The van der Waals surface area contributed by atoms with Crippen molar-refractivity contribution >= 4 is 17.6 Å². The van der Waals surface area contributed by atoms with Crippen molar-refractivity contribution in [2.75, 3.05) is 23.7 Å². The molecular weight excluding hydrogens is 298 g/mol. The van der Waals surface area contributed by atoms with Crippen molar-refractivity contribution in [1.29, 1.82) is 0 Å². The van der Waals surface area contributed by atoms with Crippen LogP contribution in [0.4, 0.5) is 11.4 Å². The molecule has 3 rings (SSSR count). The van der Waals surface area contributed by atoms with Gasteiger partial charge >= 0.3 is 0 Å². The smallest absolute Gasteiger partial charge is 0.0718 e. The van der Waals surface area contributed by atoms with Gasteiger partial charge in [-0.3, -0.25) is 4.99 Å². The molecule has 0 saturated heterocycles. The van der Waals surface area contributed by atoms with Crippen LogP contribution in [-0.2, 0) is 0 Å². The van der Waals surface area contributed by atoms with Crippen molar-refractivity contribution in [3.8, 4) is 0 Å². The highest BCUT2D eigenvalue weighted by Gasteiger charge is 2.28. The standard InChI is InChI=1S/C19H29N5/c1-13(21)16(11-22-15-9-14(10-15)5-4-8-20)19-12-23-17-6-2-3-7-18(17)24-19/h2-3,6-7,11,14-15,19,23-24H,4-5,8-10,12,20-21H2,1H3. The summed E-state index contributed by atoms with van der Waals surface area (Å²) in [7, 11) is 0. The fraction of sp³-hybridized carbons (Fsp3) is 0.526. The van der Waals surface area contributed by atoms with Gasteiger partial charge in [-0.25, -0.2) is 0 Å². The first-order chi connectivity index (χ1) is 11.7. The van der Waals surface area contributed by atoms with Crippen molar-refractivity contribution in [2.45, 2.75) is 44.7 Å².